The second kappa shape index (κ2) is 5.56. The molecule has 130 valence electrons. The molecule has 0 amide bonds. The van der Waals surface area contributed by atoms with E-state index in [2.05, 4.69) is 18.2 Å². The molecule has 3 aliphatic heterocycles. The van der Waals surface area contributed by atoms with Crippen molar-refractivity contribution in [1.29, 1.82) is 0 Å². The third kappa shape index (κ3) is 2.19. The van der Waals surface area contributed by atoms with Crippen LogP contribution in [0.15, 0.2) is 24.3 Å². The Kier molecular flexibility index (Phi) is 3.31. The van der Waals surface area contributed by atoms with Crippen LogP contribution in [-0.2, 0) is 19.4 Å². The third-order valence-corrected chi connectivity index (χ3v) is 5.79. The van der Waals surface area contributed by atoms with Crippen molar-refractivity contribution in [2.45, 2.75) is 25.4 Å². The highest BCUT2D eigenvalue weighted by Crippen LogP contribution is 2.41. The second-order valence-electron chi connectivity index (χ2n) is 6.93. The highest BCUT2D eigenvalue weighted by Gasteiger charge is 2.38. The normalized spacial score (nSPS) is 22.6. The topological polar surface area (TPSA) is 41.4 Å². The Labute approximate surface area is 147 Å². The molecule has 2 aromatic rings. The van der Waals surface area contributed by atoms with Gasteiger partial charge >= 0.3 is 0 Å². The Balaban J connectivity index is 1.57. The first-order chi connectivity index (χ1) is 12.3. The fourth-order valence-electron chi connectivity index (χ4n) is 4.56. The van der Waals surface area contributed by atoms with Gasteiger partial charge in [-0.25, -0.2) is 0 Å². The van der Waals surface area contributed by atoms with Crippen LogP contribution in [0.1, 0.15) is 28.3 Å². The molecule has 2 unspecified atom stereocenters. The molecule has 0 saturated carbocycles. The maximum atomic E-state index is 5.67. The molecule has 3 heterocycles. The molecule has 0 aliphatic carbocycles. The van der Waals surface area contributed by atoms with Gasteiger partial charge in [-0.05, 0) is 29.3 Å². The Morgan fingerprint density at radius 3 is 2.68 bits per heavy atom. The van der Waals surface area contributed by atoms with Crippen LogP contribution in [0.25, 0.3) is 0 Å². The minimum Gasteiger partial charge on any atom is -0.493 e. The van der Waals surface area contributed by atoms with E-state index in [1.807, 2.05) is 6.07 Å². The molecule has 5 rings (SSSR count). The lowest BCUT2D eigenvalue weighted by molar-refractivity contribution is -0.949. The number of fused-ring (bicyclic) bond motifs is 5. The van der Waals surface area contributed by atoms with Crippen molar-refractivity contribution in [2.24, 2.45) is 0 Å². The van der Waals surface area contributed by atoms with Gasteiger partial charge in [0.2, 0.25) is 6.79 Å². The van der Waals surface area contributed by atoms with E-state index in [0.717, 1.165) is 48.9 Å². The summed E-state index contributed by atoms with van der Waals surface area (Å²) in [5, 5.41) is 0. The van der Waals surface area contributed by atoms with Gasteiger partial charge in [0.25, 0.3) is 0 Å². The van der Waals surface area contributed by atoms with Crippen LogP contribution in [0.3, 0.4) is 0 Å². The molecule has 0 aromatic heterocycles. The van der Waals surface area contributed by atoms with E-state index in [9.17, 15) is 0 Å². The summed E-state index contributed by atoms with van der Waals surface area (Å²) < 4.78 is 22.3. The number of hydrogen-bond acceptors (Lipinski definition) is 4. The van der Waals surface area contributed by atoms with Gasteiger partial charge in [-0.1, -0.05) is 6.07 Å². The lowest BCUT2D eigenvalue weighted by atomic mass is 9.83. The van der Waals surface area contributed by atoms with Crippen LogP contribution in [-0.4, -0.2) is 27.6 Å². The molecular weight excluding hydrogens is 318 g/mol. The SMILES string of the molecule is COc1ccc2c(c1OC)C[NH+]1CCc3cc4c(cc3C1C2)OCO4. The van der Waals surface area contributed by atoms with E-state index in [1.54, 1.807) is 19.1 Å². The first-order valence-electron chi connectivity index (χ1n) is 8.78. The summed E-state index contributed by atoms with van der Waals surface area (Å²) in [7, 11) is 3.42. The average molecular weight is 340 g/mol. The van der Waals surface area contributed by atoms with Gasteiger partial charge in [0.05, 0.1) is 26.3 Å². The quantitative estimate of drug-likeness (QED) is 0.903. The molecule has 0 fully saturated rings. The summed E-state index contributed by atoms with van der Waals surface area (Å²) in [5.41, 5.74) is 5.46. The van der Waals surface area contributed by atoms with Gasteiger partial charge in [0, 0.05) is 18.4 Å². The fraction of sp³-hybridized carbons (Fsp3) is 0.400. The molecule has 3 aliphatic rings. The van der Waals surface area contributed by atoms with Crippen LogP contribution < -0.4 is 23.8 Å². The molecule has 25 heavy (non-hydrogen) atoms. The molecule has 0 bridgehead atoms. The zero-order chi connectivity index (χ0) is 17.0. The van der Waals surface area contributed by atoms with Crippen molar-refractivity contribution in [3.05, 3.63) is 46.5 Å². The Morgan fingerprint density at radius 2 is 1.88 bits per heavy atom. The van der Waals surface area contributed by atoms with Crippen LogP contribution in [0, 0.1) is 0 Å². The smallest absolute Gasteiger partial charge is 0.231 e. The van der Waals surface area contributed by atoms with Crippen molar-refractivity contribution < 1.29 is 23.8 Å². The van der Waals surface area contributed by atoms with E-state index < -0.39 is 0 Å². The van der Waals surface area contributed by atoms with Crippen molar-refractivity contribution in [2.75, 3.05) is 27.6 Å². The summed E-state index contributed by atoms with van der Waals surface area (Å²) in [4.78, 5) is 1.59. The highest BCUT2D eigenvalue weighted by molar-refractivity contribution is 5.53. The van der Waals surface area contributed by atoms with Gasteiger partial charge in [-0.2, -0.15) is 0 Å². The number of methoxy groups -OCH3 is 2. The molecular formula is C20H22NO4+. The molecule has 5 heteroatoms. The monoisotopic (exact) mass is 340 g/mol. The first-order valence-corrected chi connectivity index (χ1v) is 8.78. The predicted octanol–water partition coefficient (Wildman–Crippen LogP) is 1.67. The van der Waals surface area contributed by atoms with Gasteiger partial charge in [0.15, 0.2) is 23.0 Å². The maximum Gasteiger partial charge on any atom is 0.231 e. The molecule has 1 N–H and O–H groups in total. The van der Waals surface area contributed by atoms with Crippen molar-refractivity contribution in [3.63, 3.8) is 0 Å². The van der Waals surface area contributed by atoms with Gasteiger partial charge in [-0.15, -0.1) is 0 Å². The van der Waals surface area contributed by atoms with Gasteiger partial charge in [-0.3, -0.25) is 0 Å². The average Bonchev–Trinajstić information content (AvgIpc) is 3.11. The number of ether oxygens (including phenoxy) is 4. The number of quaternary nitrogens is 1. The summed E-state index contributed by atoms with van der Waals surface area (Å²) in [6, 6.07) is 9.05. The summed E-state index contributed by atoms with van der Waals surface area (Å²) in [6.07, 6.45) is 2.08. The molecule has 0 spiro atoms. The number of benzene rings is 2. The summed E-state index contributed by atoms with van der Waals surface area (Å²) >= 11 is 0. The third-order valence-electron chi connectivity index (χ3n) is 5.79. The van der Waals surface area contributed by atoms with Gasteiger partial charge < -0.3 is 23.8 Å². The number of rotatable bonds is 2. The van der Waals surface area contributed by atoms with Crippen molar-refractivity contribution in [1.82, 2.24) is 0 Å². The maximum absolute atomic E-state index is 5.67. The molecule has 2 aromatic carbocycles. The molecule has 0 radical (unpaired) electrons. The predicted molar refractivity (Wildman–Crippen MR) is 91.8 cm³/mol. The minimum absolute atomic E-state index is 0.333. The van der Waals surface area contributed by atoms with Gasteiger partial charge in [0.1, 0.15) is 12.6 Å². The fourth-order valence-corrected chi connectivity index (χ4v) is 4.56. The minimum atomic E-state index is 0.333. The van der Waals surface area contributed by atoms with Crippen LogP contribution in [0.4, 0.5) is 0 Å². The van der Waals surface area contributed by atoms with E-state index >= 15 is 0 Å². The Hall–Kier alpha value is -2.40. The second-order valence-corrected chi connectivity index (χ2v) is 6.93. The standard InChI is InChI=1S/C20H21NO4/c1-22-17-4-3-12-7-16-14-9-19-18(24-11-25-19)8-13(14)5-6-21(16)10-15(12)20(17)23-2/h3-4,8-9,16H,5-7,10-11H2,1-2H3/p+1. The highest BCUT2D eigenvalue weighted by atomic mass is 16.7. The van der Waals surface area contributed by atoms with E-state index in [1.165, 1.54) is 22.3 Å². The molecule has 2 atom stereocenters. The Morgan fingerprint density at radius 1 is 1.04 bits per heavy atom. The van der Waals surface area contributed by atoms with Crippen LogP contribution in [0.2, 0.25) is 0 Å². The number of hydrogen-bond donors (Lipinski definition) is 1. The van der Waals surface area contributed by atoms with Crippen LogP contribution >= 0.6 is 0 Å². The van der Waals surface area contributed by atoms with E-state index in [4.69, 9.17) is 18.9 Å². The molecule has 0 saturated heterocycles. The largest absolute Gasteiger partial charge is 0.493 e. The lowest BCUT2D eigenvalue weighted by Gasteiger charge is -2.39. The van der Waals surface area contributed by atoms with Crippen molar-refractivity contribution in [3.8, 4) is 23.0 Å². The lowest BCUT2D eigenvalue weighted by Crippen LogP contribution is -3.13. The first kappa shape index (κ1) is 14.9. The summed E-state index contributed by atoms with van der Waals surface area (Å²) in [5.74, 6) is 3.49. The van der Waals surface area contributed by atoms with Crippen LogP contribution in [0.5, 0.6) is 23.0 Å². The zero-order valence-electron chi connectivity index (χ0n) is 14.6. The van der Waals surface area contributed by atoms with E-state index in [-0.39, 0.29) is 0 Å². The van der Waals surface area contributed by atoms with Crippen molar-refractivity contribution >= 4 is 0 Å². The molecule has 5 nitrogen and oxygen atoms in total. The number of nitrogens with one attached hydrogen (secondary N) is 1. The Bertz CT molecular complexity index is 848. The zero-order valence-corrected chi connectivity index (χ0v) is 14.6. The summed E-state index contributed by atoms with van der Waals surface area (Å²) in [6.45, 7) is 2.42. The van der Waals surface area contributed by atoms with E-state index in [0.29, 0.717) is 12.8 Å².